The van der Waals surface area contributed by atoms with Gasteiger partial charge >= 0.3 is 0 Å². The van der Waals surface area contributed by atoms with Crippen LogP contribution in [-0.4, -0.2) is 16.8 Å². The molecule has 1 aromatic rings. The number of anilines is 2. The van der Waals surface area contributed by atoms with E-state index in [0.717, 1.165) is 0 Å². The molecule has 0 bridgehead atoms. The Hall–Kier alpha value is -1.91. The first kappa shape index (κ1) is 14.2. The van der Waals surface area contributed by atoms with Gasteiger partial charge in [0.1, 0.15) is 5.82 Å². The highest BCUT2D eigenvalue weighted by molar-refractivity contribution is 5.94. The molecule has 0 fully saturated rings. The number of hydrogen-bond donors (Lipinski definition) is 2. The van der Waals surface area contributed by atoms with Gasteiger partial charge in [-0.15, -0.1) is 0 Å². The van der Waals surface area contributed by atoms with Crippen LogP contribution in [0.15, 0.2) is 18.3 Å². The maximum Gasteiger partial charge on any atom is 0.229 e. The van der Waals surface area contributed by atoms with Crippen LogP contribution in [0.25, 0.3) is 0 Å². The maximum absolute atomic E-state index is 11.7. The topological polar surface area (TPSA) is 71.1 Å². The third kappa shape index (κ3) is 4.16. The minimum absolute atomic E-state index is 0.0744. The second kappa shape index (κ2) is 5.62. The van der Waals surface area contributed by atoms with Gasteiger partial charge in [0.15, 0.2) is 0 Å². The van der Waals surface area contributed by atoms with Crippen LogP contribution in [0.3, 0.4) is 0 Å². The molecule has 0 aliphatic rings. The number of pyridine rings is 1. The van der Waals surface area contributed by atoms with E-state index in [4.69, 9.17) is 0 Å². The largest absolute Gasteiger partial charge is 0.324 e. The summed E-state index contributed by atoms with van der Waals surface area (Å²) in [5, 5.41) is 5.40. The Kier molecular flexibility index (Phi) is 4.42. The Bertz CT molecular complexity index is 433. The van der Waals surface area contributed by atoms with Crippen molar-refractivity contribution in [3.05, 3.63) is 18.3 Å². The van der Waals surface area contributed by atoms with Crippen molar-refractivity contribution in [2.45, 2.75) is 34.1 Å². The zero-order valence-corrected chi connectivity index (χ0v) is 11.2. The lowest BCUT2D eigenvalue weighted by atomic mass is 9.96. The summed E-state index contributed by atoms with van der Waals surface area (Å²) in [6.07, 6.45) is 1.93. The van der Waals surface area contributed by atoms with Gasteiger partial charge in [-0.3, -0.25) is 9.59 Å². The number of aromatic nitrogens is 1. The molecule has 0 aliphatic carbocycles. The molecule has 98 valence electrons. The molecule has 0 aliphatic heterocycles. The molecular weight excluding hydrogens is 230 g/mol. The van der Waals surface area contributed by atoms with E-state index in [-0.39, 0.29) is 11.8 Å². The summed E-state index contributed by atoms with van der Waals surface area (Å²) in [6, 6.07) is 3.37. The Morgan fingerprint density at radius 2 is 1.89 bits per heavy atom. The molecule has 1 heterocycles. The average molecular weight is 249 g/mol. The van der Waals surface area contributed by atoms with E-state index in [2.05, 4.69) is 15.6 Å². The summed E-state index contributed by atoms with van der Waals surface area (Å²) in [6.45, 7) is 7.29. The highest BCUT2D eigenvalue weighted by Crippen LogP contribution is 2.17. The van der Waals surface area contributed by atoms with Crippen molar-refractivity contribution in [3.8, 4) is 0 Å². The van der Waals surface area contributed by atoms with Crippen molar-refractivity contribution >= 4 is 23.3 Å². The van der Waals surface area contributed by atoms with E-state index >= 15 is 0 Å². The Morgan fingerprint density at radius 1 is 1.22 bits per heavy atom. The Morgan fingerprint density at radius 3 is 2.33 bits per heavy atom. The fourth-order valence-electron chi connectivity index (χ4n) is 1.09. The van der Waals surface area contributed by atoms with Crippen LogP contribution < -0.4 is 10.6 Å². The lowest BCUT2D eigenvalue weighted by Gasteiger charge is -2.17. The average Bonchev–Trinajstić information content (AvgIpc) is 2.30. The zero-order chi connectivity index (χ0) is 13.8. The van der Waals surface area contributed by atoms with Gasteiger partial charge in [-0.2, -0.15) is 0 Å². The minimum atomic E-state index is -0.449. The summed E-state index contributed by atoms with van der Waals surface area (Å²) in [5.41, 5.74) is 0.166. The third-order valence-corrected chi connectivity index (χ3v) is 2.29. The highest BCUT2D eigenvalue weighted by Gasteiger charge is 2.21. The first-order valence-electron chi connectivity index (χ1n) is 5.90. The molecule has 5 heteroatoms. The number of carbonyl (C=O) groups excluding carboxylic acids is 2. The maximum atomic E-state index is 11.7. The Balaban J connectivity index is 2.66. The van der Waals surface area contributed by atoms with E-state index in [1.807, 2.05) is 20.8 Å². The van der Waals surface area contributed by atoms with Crippen LogP contribution in [-0.2, 0) is 9.59 Å². The predicted octanol–water partition coefficient (Wildman–Crippen LogP) is 2.41. The predicted molar refractivity (Wildman–Crippen MR) is 71.2 cm³/mol. The Labute approximate surface area is 107 Å². The third-order valence-electron chi connectivity index (χ3n) is 2.29. The summed E-state index contributed by atoms with van der Waals surface area (Å²) in [4.78, 5) is 26.9. The first-order chi connectivity index (χ1) is 8.32. The van der Waals surface area contributed by atoms with Crippen LogP contribution >= 0.6 is 0 Å². The molecule has 1 aromatic heterocycles. The normalized spacial score (nSPS) is 10.9. The van der Waals surface area contributed by atoms with E-state index in [1.165, 1.54) is 6.20 Å². The number of hydrogen-bond acceptors (Lipinski definition) is 3. The molecule has 0 aromatic carbocycles. The van der Waals surface area contributed by atoms with Crippen LogP contribution in [0.1, 0.15) is 34.1 Å². The molecule has 18 heavy (non-hydrogen) atoms. The first-order valence-corrected chi connectivity index (χ1v) is 5.90. The van der Waals surface area contributed by atoms with E-state index < -0.39 is 5.41 Å². The number of carbonyl (C=O) groups is 2. The van der Waals surface area contributed by atoms with Crippen LogP contribution in [0.2, 0.25) is 0 Å². The molecule has 0 saturated carbocycles. The van der Waals surface area contributed by atoms with Gasteiger partial charge in [-0.05, 0) is 12.1 Å². The van der Waals surface area contributed by atoms with E-state index in [1.54, 1.807) is 19.1 Å². The fourth-order valence-corrected chi connectivity index (χ4v) is 1.09. The number of nitrogens with zero attached hydrogens (tertiary/aromatic N) is 1. The van der Waals surface area contributed by atoms with Crippen molar-refractivity contribution in [1.82, 2.24) is 4.98 Å². The monoisotopic (exact) mass is 249 g/mol. The summed E-state index contributed by atoms with van der Waals surface area (Å²) < 4.78 is 0. The molecule has 0 spiro atoms. The van der Waals surface area contributed by atoms with Crippen molar-refractivity contribution < 1.29 is 9.59 Å². The molecule has 1 rings (SSSR count). The second-order valence-electron chi connectivity index (χ2n) is 5.04. The number of nitrogens with one attached hydrogen (secondary N) is 2. The quantitative estimate of drug-likeness (QED) is 0.864. The molecule has 2 N–H and O–H groups in total. The summed E-state index contributed by atoms with van der Waals surface area (Å²) in [7, 11) is 0. The van der Waals surface area contributed by atoms with Crippen molar-refractivity contribution in [1.29, 1.82) is 0 Å². The van der Waals surface area contributed by atoms with Crippen molar-refractivity contribution in [3.63, 3.8) is 0 Å². The smallest absolute Gasteiger partial charge is 0.229 e. The number of rotatable bonds is 3. The number of amides is 2. The molecule has 0 unspecified atom stereocenters. The van der Waals surface area contributed by atoms with Crippen LogP contribution in [0.4, 0.5) is 11.5 Å². The van der Waals surface area contributed by atoms with Gasteiger partial charge in [-0.1, -0.05) is 27.7 Å². The molecular formula is C13H19N3O2. The van der Waals surface area contributed by atoms with Crippen LogP contribution in [0.5, 0.6) is 0 Å². The summed E-state index contributed by atoms with van der Waals surface area (Å²) >= 11 is 0. The van der Waals surface area contributed by atoms with Gasteiger partial charge in [0.05, 0.1) is 11.9 Å². The SMILES string of the molecule is CCC(=O)Nc1ccc(NC(=O)C(C)(C)C)cn1. The van der Waals surface area contributed by atoms with E-state index in [9.17, 15) is 9.59 Å². The lowest BCUT2D eigenvalue weighted by molar-refractivity contribution is -0.123. The molecule has 0 radical (unpaired) electrons. The second-order valence-corrected chi connectivity index (χ2v) is 5.04. The highest BCUT2D eigenvalue weighted by atomic mass is 16.2. The van der Waals surface area contributed by atoms with Crippen molar-refractivity contribution in [2.24, 2.45) is 5.41 Å². The fraction of sp³-hybridized carbons (Fsp3) is 0.462. The van der Waals surface area contributed by atoms with Gasteiger partial charge in [0.2, 0.25) is 11.8 Å². The zero-order valence-electron chi connectivity index (χ0n) is 11.2. The van der Waals surface area contributed by atoms with Crippen molar-refractivity contribution in [2.75, 3.05) is 10.6 Å². The van der Waals surface area contributed by atoms with Crippen LogP contribution in [0, 0.1) is 5.41 Å². The lowest BCUT2D eigenvalue weighted by Crippen LogP contribution is -2.27. The van der Waals surface area contributed by atoms with Gasteiger partial charge in [0, 0.05) is 11.8 Å². The van der Waals surface area contributed by atoms with Gasteiger partial charge in [-0.25, -0.2) is 4.98 Å². The summed E-state index contributed by atoms with van der Waals surface area (Å²) in [5.74, 6) is 0.319. The molecule has 0 saturated heterocycles. The minimum Gasteiger partial charge on any atom is -0.324 e. The van der Waals surface area contributed by atoms with Gasteiger partial charge < -0.3 is 10.6 Å². The van der Waals surface area contributed by atoms with Gasteiger partial charge in [0.25, 0.3) is 0 Å². The van der Waals surface area contributed by atoms with E-state index in [0.29, 0.717) is 17.9 Å². The standard InChI is InChI=1S/C13H19N3O2/c1-5-11(17)16-10-7-6-9(8-14-10)15-12(18)13(2,3)4/h6-8H,5H2,1-4H3,(H,15,18)(H,14,16,17). The molecule has 0 atom stereocenters. The molecule has 5 nitrogen and oxygen atoms in total. The molecule has 2 amide bonds.